The molecule has 0 unspecified atom stereocenters. The molecular weight excluding hydrogens is 1050 g/mol. The van der Waals surface area contributed by atoms with Gasteiger partial charge in [0.15, 0.2) is 18.3 Å². The van der Waals surface area contributed by atoms with E-state index >= 15 is 0 Å². The molecule has 0 spiro atoms. The second kappa shape index (κ2) is 28.5. The lowest BCUT2D eigenvalue weighted by Crippen LogP contribution is -2.55. The Morgan fingerprint density at radius 3 is 1.74 bits per heavy atom. The number of aliphatic hydroxyl groups is 5. The Hall–Kier alpha value is -6.11. The summed E-state index contributed by atoms with van der Waals surface area (Å²) < 4.78 is 14.8. The zero-order valence-corrected chi connectivity index (χ0v) is 46.3. The first kappa shape index (κ1) is 63.4. The van der Waals surface area contributed by atoms with E-state index in [1.807, 2.05) is 90.1 Å². The van der Waals surface area contributed by atoms with Gasteiger partial charge in [0, 0.05) is 35.5 Å². The Labute approximate surface area is 463 Å². The van der Waals surface area contributed by atoms with E-state index in [0.29, 0.717) is 22.6 Å². The predicted octanol–water partition coefficient (Wildman–Crippen LogP) is 5.72. The van der Waals surface area contributed by atoms with Crippen LogP contribution in [0.5, 0.6) is 0 Å². The number of nitrogens with two attached hydrogens (primary N) is 1. The van der Waals surface area contributed by atoms with E-state index in [1.54, 1.807) is 60.3 Å². The van der Waals surface area contributed by atoms with Crippen molar-refractivity contribution in [2.75, 3.05) is 36.4 Å². The number of aliphatic hydroxyl groups excluding tert-OH is 5. The number of hydrogen-bond donors (Lipinski definition) is 9. The fourth-order valence-electron chi connectivity index (χ4n) is 7.72. The van der Waals surface area contributed by atoms with E-state index < -0.39 is 78.7 Å². The van der Waals surface area contributed by atoms with E-state index in [1.165, 1.54) is 38.1 Å². The van der Waals surface area contributed by atoms with Crippen LogP contribution < -0.4 is 21.7 Å². The highest BCUT2D eigenvalue weighted by molar-refractivity contribution is 8.00. The van der Waals surface area contributed by atoms with Gasteiger partial charge in [-0.15, -0.1) is 35.9 Å². The highest BCUT2D eigenvalue weighted by atomic mass is 35.5. The first-order valence-corrected chi connectivity index (χ1v) is 26.1. The molecule has 1 fully saturated rings. The Balaban J connectivity index is 0.000000275. The van der Waals surface area contributed by atoms with Crippen molar-refractivity contribution >= 4 is 71.0 Å². The van der Waals surface area contributed by atoms with Gasteiger partial charge in [-0.3, -0.25) is 14.4 Å². The van der Waals surface area contributed by atoms with E-state index in [9.17, 15) is 50.0 Å². The molecule has 3 amide bonds. The fourth-order valence-corrected chi connectivity index (χ4v) is 10.0. The number of benzene rings is 4. The summed E-state index contributed by atoms with van der Waals surface area (Å²) in [5.74, 6) is -1.35. The molecule has 10 atom stereocenters. The molecule has 0 bridgehead atoms. The zero-order chi connectivity index (χ0) is 56.1. The number of ether oxygens (including phenoxy) is 3. The summed E-state index contributed by atoms with van der Waals surface area (Å²) in [4.78, 5) is 50.9. The van der Waals surface area contributed by atoms with Crippen LogP contribution in [0.4, 0.5) is 11.4 Å². The molecule has 10 N–H and O–H groups in total. The standard InChI is InChI=1S/C28H33N3O6S.C16H13N3OS.C12H20O5.ClH/c1-28(2,3)12-11-21(32)22(33)23(34)24(37-4)27(36)31-20-15-38-25-18(9-6-10-19(25)30-26(20)35)17-8-5-7-16(13-17)14-29;17-8-10-3-1-4-11(7-10)12-5-2-6-14-15(12)21-9-13(18)16(20)19-14;1-12(2,3)6-5-7(13)9-8(14)10(16-4)11(15)17-9;/h5-13,20-24,32-34H,15H2,1-4H3,(H,30,35)(H,31,36);1-7,13H,9,18H2,(H,19,20);5-10,13-14H,1-4H3;1H/b12-11+;;6-5+;/t20-,21+,22-,23+,24+;13-;7-,8-,9+,10-;/m001./s1. The SMILES string of the molecule is CO[C@@H](C(=O)N[C@H]1CSc2c(cccc2-c2cccc(C#N)c2)NC1=O)[C@H](O)[C@@H](O)[C@H](O)/C=C/C(C)(C)C.CO[C@H]1C(=O)O[C@@H]([C@H](O)/C=C/C(C)(C)C)[C@H]1O.Cl.N#Cc1cccc(-c2cccc3c2SC[C@H](N)C(=O)N3)c1. The Morgan fingerprint density at radius 1 is 0.766 bits per heavy atom. The number of esters is 1. The monoisotopic (exact) mass is 1110 g/mol. The first-order chi connectivity index (χ1) is 35.9. The predicted molar refractivity (Wildman–Crippen MR) is 298 cm³/mol. The lowest BCUT2D eigenvalue weighted by atomic mass is 9.94. The molecule has 3 heterocycles. The van der Waals surface area contributed by atoms with Gasteiger partial charge in [-0.1, -0.05) is 114 Å². The maximum Gasteiger partial charge on any atom is 0.338 e. The van der Waals surface area contributed by atoms with E-state index in [0.717, 1.165) is 37.7 Å². The molecule has 1 saturated heterocycles. The van der Waals surface area contributed by atoms with Crippen molar-refractivity contribution in [2.45, 2.75) is 112 Å². The van der Waals surface area contributed by atoms with Gasteiger partial charge in [0.05, 0.1) is 40.7 Å². The molecule has 0 saturated carbocycles. The number of thioether (sulfide) groups is 2. The van der Waals surface area contributed by atoms with Crippen molar-refractivity contribution in [3.8, 4) is 34.4 Å². The summed E-state index contributed by atoms with van der Waals surface area (Å²) in [7, 11) is 2.51. The number of cyclic esters (lactones) is 1. The molecule has 3 aliphatic rings. The maximum absolute atomic E-state index is 13.0. The number of fused-ring (bicyclic) bond motifs is 2. The average molecular weight is 1120 g/mol. The normalized spacial score (nSPS) is 21.1. The van der Waals surface area contributed by atoms with Gasteiger partial charge in [-0.05, 0) is 69.5 Å². The van der Waals surface area contributed by atoms with Gasteiger partial charge in [-0.25, -0.2) is 4.79 Å². The minimum Gasteiger partial charge on any atom is -0.454 e. The van der Waals surface area contributed by atoms with E-state index in [-0.39, 0.29) is 34.9 Å². The number of allylic oxidation sites excluding steroid dienone is 2. The number of hydrogen-bond acceptors (Lipinski definition) is 17. The first-order valence-electron chi connectivity index (χ1n) is 24.2. The van der Waals surface area contributed by atoms with Crippen LogP contribution in [0.2, 0.25) is 0 Å². The number of methoxy groups -OCH3 is 2. The molecule has 3 aliphatic heterocycles. The minimum atomic E-state index is -1.75. The van der Waals surface area contributed by atoms with E-state index in [4.69, 9.17) is 25.2 Å². The summed E-state index contributed by atoms with van der Waals surface area (Å²) in [6.45, 7) is 11.7. The number of carbonyl (C=O) groups is 4. The molecule has 0 radical (unpaired) electrons. The van der Waals surface area contributed by atoms with Crippen LogP contribution in [0.3, 0.4) is 0 Å². The van der Waals surface area contributed by atoms with Gasteiger partial charge >= 0.3 is 5.97 Å². The molecule has 7 rings (SSSR count). The molecule has 18 nitrogen and oxygen atoms in total. The van der Waals surface area contributed by atoms with Crippen LogP contribution in [0.1, 0.15) is 52.7 Å². The molecule has 21 heteroatoms. The number of nitrogens with one attached hydrogen (secondary N) is 3. The number of nitriles is 2. The fraction of sp³-hybridized carbons (Fsp3) is 0.393. The number of anilines is 2. The quantitative estimate of drug-likeness (QED) is 0.0605. The summed E-state index contributed by atoms with van der Waals surface area (Å²) in [5.41, 5.74) is 11.6. The summed E-state index contributed by atoms with van der Waals surface area (Å²) >= 11 is 2.93. The van der Waals surface area contributed by atoms with Crippen molar-refractivity contribution < 1.29 is 58.9 Å². The molecule has 77 heavy (non-hydrogen) atoms. The molecular formula is C56H67ClN6O12S2. The maximum atomic E-state index is 13.0. The van der Waals surface area contributed by atoms with Crippen LogP contribution in [0.15, 0.2) is 119 Å². The lowest BCUT2D eigenvalue weighted by Gasteiger charge is -2.28. The van der Waals surface area contributed by atoms with Crippen LogP contribution in [-0.2, 0) is 33.4 Å². The van der Waals surface area contributed by atoms with Gasteiger partial charge in [0.1, 0.15) is 36.6 Å². The van der Waals surface area contributed by atoms with Gasteiger partial charge in [-0.2, -0.15) is 10.5 Å². The van der Waals surface area contributed by atoms with Crippen LogP contribution in [0.25, 0.3) is 22.3 Å². The highest BCUT2D eigenvalue weighted by Crippen LogP contribution is 2.41. The Morgan fingerprint density at radius 2 is 1.26 bits per heavy atom. The van der Waals surface area contributed by atoms with Gasteiger partial charge < -0.3 is 61.4 Å². The van der Waals surface area contributed by atoms with E-state index in [2.05, 4.69) is 28.1 Å². The molecule has 0 aromatic heterocycles. The molecule has 4 aromatic rings. The summed E-state index contributed by atoms with van der Waals surface area (Å²) in [6.07, 6.45) is -4.20. The third-order valence-corrected chi connectivity index (χ3v) is 14.2. The molecule has 412 valence electrons. The summed E-state index contributed by atoms with van der Waals surface area (Å²) in [6, 6.07) is 28.6. The third kappa shape index (κ3) is 17.4. The Kier molecular flexibility index (Phi) is 23.5. The van der Waals surface area contributed by atoms with Crippen molar-refractivity contribution in [3.63, 3.8) is 0 Å². The topological polar surface area (TPSA) is 307 Å². The lowest BCUT2D eigenvalue weighted by molar-refractivity contribution is -0.151. The van der Waals surface area contributed by atoms with Gasteiger partial charge in [0.2, 0.25) is 11.8 Å². The zero-order valence-electron chi connectivity index (χ0n) is 43.9. The van der Waals surface area contributed by atoms with Crippen molar-refractivity contribution in [1.82, 2.24) is 5.32 Å². The van der Waals surface area contributed by atoms with Crippen LogP contribution in [0, 0.1) is 33.5 Å². The summed E-state index contributed by atoms with van der Waals surface area (Å²) in [5, 5.41) is 77.4. The molecule has 4 aromatic carbocycles. The van der Waals surface area contributed by atoms with Crippen molar-refractivity contribution in [3.05, 3.63) is 120 Å². The number of nitrogens with zero attached hydrogens (tertiary/aromatic N) is 2. The molecule has 0 aliphatic carbocycles. The second-order valence-electron chi connectivity index (χ2n) is 20.1. The Bertz CT molecular complexity index is 2860. The largest absolute Gasteiger partial charge is 0.454 e. The number of carbonyl (C=O) groups excluding carboxylic acids is 4. The van der Waals surface area contributed by atoms with Gasteiger partial charge in [0.25, 0.3) is 5.91 Å². The van der Waals surface area contributed by atoms with Crippen LogP contribution >= 0.6 is 35.9 Å². The van der Waals surface area contributed by atoms with Crippen molar-refractivity contribution in [2.24, 2.45) is 16.6 Å². The average Bonchev–Trinajstić information content (AvgIpc) is 3.47. The smallest absolute Gasteiger partial charge is 0.338 e. The van der Waals surface area contributed by atoms with Crippen LogP contribution in [-0.4, -0.2) is 136 Å². The number of amides is 3. The van der Waals surface area contributed by atoms with Crippen molar-refractivity contribution in [1.29, 1.82) is 10.5 Å². The number of rotatable bonds is 12. The minimum absolute atomic E-state index is 0. The number of halogens is 1. The second-order valence-corrected chi connectivity index (χ2v) is 22.2. The third-order valence-electron chi connectivity index (χ3n) is 11.8. The highest BCUT2D eigenvalue weighted by Gasteiger charge is 2.47.